The quantitative estimate of drug-likeness (QED) is 0.704. The highest BCUT2D eigenvalue weighted by molar-refractivity contribution is 5.78. The van der Waals surface area contributed by atoms with Crippen LogP contribution >= 0.6 is 0 Å². The summed E-state index contributed by atoms with van der Waals surface area (Å²) in [5.74, 6) is 2.01. The Balaban J connectivity index is 1.23. The maximum atomic E-state index is 12.9. The van der Waals surface area contributed by atoms with E-state index in [0.717, 1.165) is 24.9 Å². The van der Waals surface area contributed by atoms with Crippen molar-refractivity contribution in [2.75, 3.05) is 13.1 Å². The van der Waals surface area contributed by atoms with Crippen LogP contribution in [0.4, 0.5) is 0 Å². The highest BCUT2D eigenvalue weighted by atomic mass is 16.3. The zero-order valence-corrected chi connectivity index (χ0v) is 16.1. The zero-order chi connectivity index (χ0) is 19.8. The maximum absolute atomic E-state index is 12.9. The topological polar surface area (TPSA) is 99.9 Å². The molecule has 0 bridgehead atoms. The summed E-state index contributed by atoms with van der Waals surface area (Å²) in [5.41, 5.74) is 0.925. The van der Waals surface area contributed by atoms with Crippen molar-refractivity contribution in [2.45, 2.75) is 31.4 Å². The average Bonchev–Trinajstić information content (AvgIpc) is 3.48. The van der Waals surface area contributed by atoms with E-state index < -0.39 is 6.10 Å². The lowest BCUT2D eigenvalue weighted by molar-refractivity contribution is -0.129. The van der Waals surface area contributed by atoms with Gasteiger partial charge in [0, 0.05) is 31.0 Å². The fraction of sp³-hybridized carbons (Fsp3) is 0.429. The van der Waals surface area contributed by atoms with Crippen molar-refractivity contribution in [3.63, 3.8) is 0 Å². The number of aromatic amines is 1. The number of hydrogen-bond donors (Lipinski definition) is 2. The van der Waals surface area contributed by atoms with Crippen LogP contribution in [0.2, 0.25) is 0 Å². The van der Waals surface area contributed by atoms with Crippen LogP contribution in [0, 0.1) is 11.8 Å². The van der Waals surface area contributed by atoms with Crippen LogP contribution in [0.15, 0.2) is 49.1 Å². The molecule has 3 heterocycles. The second-order valence-corrected chi connectivity index (χ2v) is 8.08. The van der Waals surface area contributed by atoms with Gasteiger partial charge in [0.2, 0.25) is 5.91 Å². The molecule has 2 N–H and O–H groups in total. The summed E-state index contributed by atoms with van der Waals surface area (Å²) >= 11 is 0. The Kier molecular flexibility index (Phi) is 4.63. The second kappa shape index (κ2) is 7.44. The zero-order valence-electron chi connectivity index (χ0n) is 16.1. The lowest BCUT2D eigenvalue weighted by Gasteiger charge is -2.35. The number of fused-ring (bicyclic) bond motifs is 1. The monoisotopic (exact) mass is 392 g/mol. The van der Waals surface area contributed by atoms with E-state index in [1.807, 2.05) is 46.0 Å². The Bertz CT molecular complexity index is 970. The van der Waals surface area contributed by atoms with Gasteiger partial charge in [-0.2, -0.15) is 5.10 Å². The molecule has 0 spiro atoms. The normalized spacial score (nSPS) is 26.4. The molecule has 150 valence electrons. The smallest absolute Gasteiger partial charge is 0.230 e. The van der Waals surface area contributed by atoms with Gasteiger partial charge >= 0.3 is 0 Å². The summed E-state index contributed by atoms with van der Waals surface area (Å²) < 4.78 is 1.99. The third kappa shape index (κ3) is 3.55. The lowest BCUT2D eigenvalue weighted by Crippen LogP contribution is -2.35. The molecule has 1 aliphatic carbocycles. The Morgan fingerprint density at radius 3 is 2.72 bits per heavy atom. The van der Waals surface area contributed by atoms with Crippen LogP contribution in [0.3, 0.4) is 0 Å². The highest BCUT2D eigenvalue weighted by Gasteiger charge is 2.43. The number of carbonyl (C=O) groups is 1. The molecule has 4 atom stereocenters. The van der Waals surface area contributed by atoms with Crippen molar-refractivity contribution in [1.82, 2.24) is 29.6 Å². The first-order chi connectivity index (χ1) is 14.2. The molecule has 0 radical (unpaired) electrons. The van der Waals surface area contributed by atoms with E-state index in [4.69, 9.17) is 0 Å². The molecule has 1 saturated heterocycles. The minimum atomic E-state index is -0.400. The number of likely N-dealkylation sites (tertiary alicyclic amines) is 1. The number of aromatic nitrogens is 5. The van der Waals surface area contributed by atoms with Gasteiger partial charge in [-0.3, -0.25) is 9.89 Å². The molecule has 8 nitrogen and oxygen atoms in total. The van der Waals surface area contributed by atoms with Crippen LogP contribution < -0.4 is 0 Å². The van der Waals surface area contributed by atoms with E-state index in [1.165, 1.54) is 0 Å². The van der Waals surface area contributed by atoms with Crippen molar-refractivity contribution >= 4 is 5.91 Å². The van der Waals surface area contributed by atoms with E-state index in [2.05, 4.69) is 20.2 Å². The molecule has 3 aromatic rings. The van der Waals surface area contributed by atoms with E-state index >= 15 is 0 Å². The van der Waals surface area contributed by atoms with Crippen LogP contribution in [-0.4, -0.2) is 59.8 Å². The molecule has 5 rings (SSSR count). The first-order valence-corrected chi connectivity index (χ1v) is 10.1. The number of aliphatic hydroxyl groups is 1. The van der Waals surface area contributed by atoms with Gasteiger partial charge in [0.15, 0.2) is 5.82 Å². The highest BCUT2D eigenvalue weighted by Crippen LogP contribution is 2.41. The average molecular weight is 392 g/mol. The number of aliphatic hydroxyl groups excluding tert-OH is 1. The number of benzene rings is 1. The minimum absolute atomic E-state index is 0.0384. The van der Waals surface area contributed by atoms with Gasteiger partial charge in [-0.05, 0) is 24.7 Å². The molecular formula is C21H24N6O2. The molecule has 2 aliphatic rings. The van der Waals surface area contributed by atoms with Gasteiger partial charge in [0.1, 0.15) is 5.82 Å². The molecule has 1 amide bonds. The predicted octanol–water partition coefficient (Wildman–Crippen LogP) is 1.68. The molecule has 1 aliphatic heterocycles. The van der Waals surface area contributed by atoms with Crippen molar-refractivity contribution in [1.29, 1.82) is 0 Å². The van der Waals surface area contributed by atoms with Crippen LogP contribution in [-0.2, 0) is 11.2 Å². The summed E-state index contributed by atoms with van der Waals surface area (Å²) in [7, 11) is 0. The van der Waals surface area contributed by atoms with Gasteiger partial charge < -0.3 is 14.6 Å². The third-order valence-corrected chi connectivity index (χ3v) is 6.25. The fourth-order valence-electron chi connectivity index (χ4n) is 4.74. The summed E-state index contributed by atoms with van der Waals surface area (Å²) in [4.78, 5) is 23.4. The Labute approximate surface area is 168 Å². The standard InChI is InChI=1S/C21H24N6O2/c28-18-9-16-12-27(11-15(16)8-17(18)26-7-6-22-13-26)20(29)10-19-23-21(25-24-19)14-4-2-1-3-5-14/h1-7,13,15-18,28H,8-12H2,(H,23,24,25)/t15-,16+,17-,18-/m1/s1. The SMILES string of the molecule is O=C(Cc1nc(-c2ccccc2)n[nH]1)N1C[C@H]2C[C@@H](n3ccnc3)[C@H](O)C[C@H]2C1. The summed E-state index contributed by atoms with van der Waals surface area (Å²) in [6.45, 7) is 1.44. The lowest BCUT2D eigenvalue weighted by atomic mass is 9.77. The third-order valence-electron chi connectivity index (χ3n) is 6.25. The van der Waals surface area contributed by atoms with Gasteiger partial charge in [-0.25, -0.2) is 9.97 Å². The van der Waals surface area contributed by atoms with E-state index in [1.54, 1.807) is 12.5 Å². The molecule has 2 fully saturated rings. The number of rotatable bonds is 4. The Hall–Kier alpha value is -3.00. The Morgan fingerprint density at radius 1 is 1.17 bits per heavy atom. The number of amides is 1. The van der Waals surface area contributed by atoms with Crippen LogP contribution in [0.1, 0.15) is 24.7 Å². The largest absolute Gasteiger partial charge is 0.391 e. The summed E-state index contributed by atoms with van der Waals surface area (Å²) in [6, 6.07) is 9.75. The summed E-state index contributed by atoms with van der Waals surface area (Å²) in [5, 5.41) is 17.7. The van der Waals surface area contributed by atoms with Gasteiger partial charge in [-0.15, -0.1) is 0 Å². The number of imidazole rings is 1. The summed E-state index contributed by atoms with van der Waals surface area (Å²) in [6.07, 6.45) is 6.81. The first kappa shape index (κ1) is 18.1. The van der Waals surface area contributed by atoms with Crippen molar-refractivity contribution in [2.24, 2.45) is 11.8 Å². The molecular weight excluding hydrogens is 368 g/mol. The number of nitrogens with one attached hydrogen (secondary N) is 1. The maximum Gasteiger partial charge on any atom is 0.230 e. The number of carbonyl (C=O) groups excluding carboxylic acids is 1. The van der Waals surface area contributed by atoms with Crippen molar-refractivity contribution in [3.05, 3.63) is 54.9 Å². The molecule has 29 heavy (non-hydrogen) atoms. The molecule has 1 aromatic carbocycles. The van der Waals surface area contributed by atoms with E-state index in [0.29, 0.717) is 30.0 Å². The van der Waals surface area contributed by atoms with E-state index in [9.17, 15) is 9.90 Å². The molecule has 2 aromatic heterocycles. The fourth-order valence-corrected chi connectivity index (χ4v) is 4.74. The molecule has 8 heteroatoms. The van der Waals surface area contributed by atoms with Crippen molar-refractivity contribution < 1.29 is 9.90 Å². The Morgan fingerprint density at radius 2 is 1.97 bits per heavy atom. The van der Waals surface area contributed by atoms with Gasteiger partial charge in [0.25, 0.3) is 0 Å². The predicted molar refractivity (Wildman–Crippen MR) is 106 cm³/mol. The second-order valence-electron chi connectivity index (χ2n) is 8.08. The molecule has 1 saturated carbocycles. The number of hydrogen-bond acceptors (Lipinski definition) is 5. The number of nitrogens with zero attached hydrogens (tertiary/aromatic N) is 5. The van der Waals surface area contributed by atoms with Gasteiger partial charge in [0.05, 0.1) is 24.9 Å². The van der Waals surface area contributed by atoms with Crippen LogP contribution in [0.25, 0.3) is 11.4 Å². The molecule has 0 unspecified atom stereocenters. The minimum Gasteiger partial charge on any atom is -0.391 e. The van der Waals surface area contributed by atoms with Crippen molar-refractivity contribution in [3.8, 4) is 11.4 Å². The van der Waals surface area contributed by atoms with Gasteiger partial charge in [-0.1, -0.05) is 30.3 Å². The number of H-pyrrole nitrogens is 1. The van der Waals surface area contributed by atoms with E-state index in [-0.39, 0.29) is 18.4 Å². The van der Waals surface area contributed by atoms with Crippen LogP contribution in [0.5, 0.6) is 0 Å². The first-order valence-electron chi connectivity index (χ1n) is 10.1.